The maximum Gasteiger partial charge on any atom is 0.410 e. The maximum absolute atomic E-state index is 13.6. The fourth-order valence-electron chi connectivity index (χ4n) is 4.65. The molecule has 1 rings (SSSR count). The van der Waals surface area contributed by atoms with Crippen LogP contribution in [0.3, 0.4) is 0 Å². The van der Waals surface area contributed by atoms with Crippen molar-refractivity contribution < 1.29 is 34.8 Å². The van der Waals surface area contributed by atoms with Crippen molar-refractivity contribution in [1.29, 1.82) is 0 Å². The Balaban J connectivity index is 3.25. The van der Waals surface area contributed by atoms with Crippen molar-refractivity contribution in [3.8, 4) is 0 Å². The Bertz CT molecular complexity index is 662. The highest BCUT2D eigenvalue weighted by molar-refractivity contribution is 6.21. The second-order valence-corrected chi connectivity index (χ2v) is 11.2. The Morgan fingerprint density at radius 3 is 2.29 bits per heavy atom. The van der Waals surface area contributed by atoms with Gasteiger partial charge in [-0.1, -0.05) is 19.8 Å². The first kappa shape index (κ1) is 31.9. The lowest BCUT2D eigenvalue weighted by Gasteiger charge is -2.39. The Morgan fingerprint density at radius 2 is 1.80 bits per heavy atom. The highest BCUT2D eigenvalue weighted by Gasteiger charge is 2.43. The number of alkyl halides is 1. The third kappa shape index (κ3) is 9.66. The third-order valence-electron chi connectivity index (χ3n) is 6.51. The number of nitrogens with one attached hydrogen (secondary N) is 1. The molecular formula is C24H46ClN3O7. The summed E-state index contributed by atoms with van der Waals surface area (Å²) in [4.78, 5) is 28.0. The van der Waals surface area contributed by atoms with E-state index in [0.29, 0.717) is 18.9 Å². The normalized spacial score (nSPS) is 24.5. The molecule has 1 aliphatic rings. The number of rotatable bonds is 11. The molecule has 7 N–H and O–H groups in total. The smallest absolute Gasteiger partial charge is 0.410 e. The van der Waals surface area contributed by atoms with Crippen LogP contribution < -0.4 is 11.1 Å². The molecule has 2 amide bonds. The van der Waals surface area contributed by atoms with E-state index in [9.17, 15) is 30.0 Å². The standard InChI is InChI=1S/C24H46ClN3O7/c1-6-7-15-8-9-16(28(11-10-15)23(34)35-24(3,4)5)22(33)27-20(14(2)25)19(18(31)13-29)21(32)17(30)12-26/h14-21,29-32H,6-13,26H2,1-5H3,(H,27,33). The van der Waals surface area contributed by atoms with Crippen LogP contribution in [-0.2, 0) is 9.53 Å². The van der Waals surface area contributed by atoms with Crippen LogP contribution in [-0.4, -0.2) is 98.4 Å². The minimum atomic E-state index is -1.56. The lowest BCUT2D eigenvalue weighted by molar-refractivity contribution is -0.130. The van der Waals surface area contributed by atoms with Gasteiger partial charge in [0, 0.05) is 19.0 Å². The van der Waals surface area contributed by atoms with Crippen molar-refractivity contribution in [1.82, 2.24) is 10.2 Å². The SMILES string of the molecule is CCCC1CCC(C(=O)NC(C(C)Cl)C(C(O)CO)C(O)C(O)CN)N(C(=O)OC(C)(C)C)CC1. The van der Waals surface area contributed by atoms with Gasteiger partial charge >= 0.3 is 6.09 Å². The van der Waals surface area contributed by atoms with Crippen LogP contribution in [0.4, 0.5) is 4.79 Å². The largest absolute Gasteiger partial charge is 0.444 e. The van der Waals surface area contributed by atoms with Gasteiger partial charge in [-0.05, 0) is 52.9 Å². The molecule has 1 fully saturated rings. The minimum absolute atomic E-state index is 0.291. The molecule has 0 aromatic rings. The third-order valence-corrected chi connectivity index (χ3v) is 6.78. The van der Waals surface area contributed by atoms with Crippen molar-refractivity contribution in [2.45, 2.75) is 108 Å². The van der Waals surface area contributed by atoms with E-state index in [1.165, 1.54) is 4.90 Å². The zero-order valence-corrected chi connectivity index (χ0v) is 22.4. The predicted molar refractivity (Wildman–Crippen MR) is 134 cm³/mol. The van der Waals surface area contributed by atoms with E-state index in [-0.39, 0.29) is 6.54 Å². The summed E-state index contributed by atoms with van der Waals surface area (Å²) in [5, 5.41) is 42.7. The number of nitrogens with zero attached hydrogens (tertiary/aromatic N) is 1. The van der Waals surface area contributed by atoms with Gasteiger partial charge in [0.15, 0.2) is 0 Å². The number of aliphatic hydroxyl groups excluding tert-OH is 4. The van der Waals surface area contributed by atoms with Crippen LogP contribution in [0.5, 0.6) is 0 Å². The first-order chi connectivity index (χ1) is 16.3. The first-order valence-electron chi connectivity index (χ1n) is 12.6. The molecule has 0 spiro atoms. The summed E-state index contributed by atoms with van der Waals surface area (Å²) in [5.41, 5.74) is 4.73. The van der Waals surface area contributed by atoms with E-state index in [1.807, 2.05) is 0 Å². The van der Waals surface area contributed by atoms with Gasteiger partial charge in [-0.2, -0.15) is 0 Å². The van der Waals surface area contributed by atoms with E-state index in [1.54, 1.807) is 27.7 Å². The molecule has 1 aliphatic heterocycles. The van der Waals surface area contributed by atoms with Gasteiger partial charge in [-0.25, -0.2) is 4.79 Å². The van der Waals surface area contributed by atoms with Crippen molar-refractivity contribution in [3.05, 3.63) is 0 Å². The average molecular weight is 524 g/mol. The molecule has 1 saturated heterocycles. The van der Waals surface area contributed by atoms with E-state index in [4.69, 9.17) is 22.1 Å². The van der Waals surface area contributed by atoms with E-state index in [2.05, 4.69) is 12.2 Å². The molecule has 0 aromatic heterocycles. The molecule has 11 heteroatoms. The van der Waals surface area contributed by atoms with Gasteiger partial charge in [0.05, 0.1) is 36.3 Å². The number of carbonyl (C=O) groups is 2. The number of likely N-dealkylation sites (tertiary alicyclic amines) is 1. The summed E-state index contributed by atoms with van der Waals surface area (Å²) < 4.78 is 5.57. The molecule has 0 radical (unpaired) electrons. The fraction of sp³-hybridized carbons (Fsp3) is 0.917. The first-order valence-corrected chi connectivity index (χ1v) is 13.0. The molecule has 1 heterocycles. The van der Waals surface area contributed by atoms with Gasteiger partial charge in [-0.15, -0.1) is 11.6 Å². The number of hydrogen-bond acceptors (Lipinski definition) is 8. The van der Waals surface area contributed by atoms with E-state index >= 15 is 0 Å². The number of halogens is 1. The average Bonchev–Trinajstić information content (AvgIpc) is 2.99. The molecule has 8 atom stereocenters. The van der Waals surface area contributed by atoms with Crippen LogP contribution in [0.2, 0.25) is 0 Å². The molecular weight excluding hydrogens is 478 g/mol. The molecule has 0 aromatic carbocycles. The predicted octanol–water partition coefficient (Wildman–Crippen LogP) is 0.954. The number of aliphatic hydroxyl groups is 4. The lowest BCUT2D eigenvalue weighted by atomic mass is 9.83. The highest BCUT2D eigenvalue weighted by Crippen LogP contribution is 2.28. The quantitative estimate of drug-likeness (QED) is 0.218. The van der Waals surface area contributed by atoms with Crippen molar-refractivity contribution >= 4 is 23.6 Å². The van der Waals surface area contributed by atoms with Crippen LogP contribution in [0.15, 0.2) is 0 Å². The lowest BCUT2D eigenvalue weighted by Crippen LogP contribution is -2.60. The van der Waals surface area contributed by atoms with Crippen molar-refractivity contribution in [3.63, 3.8) is 0 Å². The van der Waals surface area contributed by atoms with Crippen LogP contribution in [0, 0.1) is 11.8 Å². The van der Waals surface area contributed by atoms with Gasteiger partial charge in [0.1, 0.15) is 11.6 Å². The zero-order valence-electron chi connectivity index (χ0n) is 21.7. The number of carbonyl (C=O) groups excluding carboxylic acids is 2. The molecule has 206 valence electrons. The molecule has 0 aliphatic carbocycles. The molecule has 35 heavy (non-hydrogen) atoms. The molecule has 10 nitrogen and oxygen atoms in total. The minimum Gasteiger partial charge on any atom is -0.444 e. The second kappa shape index (κ2) is 14.5. The number of amides is 2. The maximum atomic E-state index is 13.6. The Labute approximate surface area is 214 Å². The van der Waals surface area contributed by atoms with Crippen LogP contribution >= 0.6 is 11.6 Å². The summed E-state index contributed by atoms with van der Waals surface area (Å²) in [6.07, 6.45) is -1.11. The fourth-order valence-corrected chi connectivity index (χ4v) is 4.89. The van der Waals surface area contributed by atoms with Gasteiger partial charge in [0.25, 0.3) is 0 Å². The summed E-state index contributed by atoms with van der Waals surface area (Å²) in [6.45, 7) is 8.29. The topological polar surface area (TPSA) is 166 Å². The summed E-state index contributed by atoms with van der Waals surface area (Å²) in [7, 11) is 0. The van der Waals surface area contributed by atoms with Gasteiger partial charge in [-0.3, -0.25) is 9.69 Å². The number of hydrogen-bond donors (Lipinski definition) is 6. The number of ether oxygens (including phenoxy) is 1. The zero-order chi connectivity index (χ0) is 26.9. The van der Waals surface area contributed by atoms with Crippen molar-refractivity contribution in [2.24, 2.45) is 17.6 Å². The summed E-state index contributed by atoms with van der Waals surface area (Å²) >= 11 is 6.36. The van der Waals surface area contributed by atoms with E-state index in [0.717, 1.165) is 25.7 Å². The van der Waals surface area contributed by atoms with E-state index < -0.39 is 65.9 Å². The highest BCUT2D eigenvalue weighted by atomic mass is 35.5. The van der Waals surface area contributed by atoms with Crippen LogP contribution in [0.1, 0.15) is 66.7 Å². The number of nitrogens with two attached hydrogens (primary N) is 1. The summed E-state index contributed by atoms with van der Waals surface area (Å²) in [5.74, 6) is -1.34. The Kier molecular flexibility index (Phi) is 13.2. The Morgan fingerprint density at radius 1 is 1.17 bits per heavy atom. The van der Waals surface area contributed by atoms with Crippen LogP contribution in [0.25, 0.3) is 0 Å². The summed E-state index contributed by atoms with van der Waals surface area (Å²) in [6, 6.07) is -1.87. The molecule has 0 bridgehead atoms. The molecule has 0 saturated carbocycles. The molecule has 8 unspecified atom stereocenters. The van der Waals surface area contributed by atoms with Gasteiger partial charge < -0.3 is 36.2 Å². The monoisotopic (exact) mass is 523 g/mol. The van der Waals surface area contributed by atoms with Crippen molar-refractivity contribution in [2.75, 3.05) is 19.7 Å². The van der Waals surface area contributed by atoms with Gasteiger partial charge in [0.2, 0.25) is 5.91 Å². The Hall–Kier alpha value is -1.17. The second-order valence-electron chi connectivity index (χ2n) is 10.5.